The first kappa shape index (κ1) is 12.6. The van der Waals surface area contributed by atoms with Crippen LogP contribution in [0.3, 0.4) is 0 Å². The molecule has 1 aliphatic carbocycles. The molecule has 1 aromatic carbocycles. The lowest BCUT2D eigenvalue weighted by molar-refractivity contribution is 0.606. The molecule has 2 atom stereocenters. The van der Waals surface area contributed by atoms with Crippen molar-refractivity contribution >= 4 is 22.5 Å². The summed E-state index contributed by atoms with van der Waals surface area (Å²) in [5, 5.41) is 4.58. The van der Waals surface area contributed by atoms with Gasteiger partial charge in [-0.05, 0) is 30.5 Å². The Morgan fingerprint density at radius 3 is 3.11 bits per heavy atom. The summed E-state index contributed by atoms with van der Waals surface area (Å²) in [4.78, 5) is 19.2. The van der Waals surface area contributed by atoms with E-state index in [0.29, 0.717) is 34.3 Å². The molecule has 4 nitrogen and oxygen atoms in total. The molecule has 19 heavy (non-hydrogen) atoms. The number of fused-ring (bicyclic) bond motifs is 1. The Morgan fingerprint density at radius 1 is 1.53 bits per heavy atom. The zero-order valence-corrected chi connectivity index (χ0v) is 11.5. The lowest BCUT2D eigenvalue weighted by Gasteiger charge is -2.05. The van der Waals surface area contributed by atoms with Crippen LogP contribution in [0.2, 0.25) is 5.02 Å². The Morgan fingerprint density at radius 2 is 2.37 bits per heavy atom. The fourth-order valence-corrected chi connectivity index (χ4v) is 2.59. The number of hydrogen-bond donors (Lipinski definition) is 2. The van der Waals surface area contributed by atoms with Crippen molar-refractivity contribution in [3.8, 4) is 0 Å². The number of rotatable bonds is 4. The van der Waals surface area contributed by atoms with Crippen molar-refractivity contribution in [2.24, 2.45) is 5.92 Å². The van der Waals surface area contributed by atoms with E-state index >= 15 is 0 Å². The predicted molar refractivity (Wildman–Crippen MR) is 76.4 cm³/mol. The number of halogens is 1. The molecule has 2 N–H and O–H groups in total. The van der Waals surface area contributed by atoms with E-state index in [2.05, 4.69) is 22.2 Å². The summed E-state index contributed by atoms with van der Waals surface area (Å²) < 4.78 is 0. The molecule has 1 aliphatic rings. The molecule has 2 unspecified atom stereocenters. The van der Waals surface area contributed by atoms with Crippen LogP contribution in [0.1, 0.15) is 25.6 Å². The number of nitrogens with zero attached hydrogens (tertiary/aromatic N) is 1. The molecule has 2 aromatic rings. The van der Waals surface area contributed by atoms with Crippen molar-refractivity contribution in [1.29, 1.82) is 0 Å². The van der Waals surface area contributed by atoms with Crippen LogP contribution < -0.4 is 10.9 Å². The van der Waals surface area contributed by atoms with Crippen molar-refractivity contribution in [2.75, 3.05) is 0 Å². The molecule has 0 radical (unpaired) electrons. The highest BCUT2D eigenvalue weighted by molar-refractivity contribution is 6.31. The lowest BCUT2D eigenvalue weighted by atomic mass is 10.2. The topological polar surface area (TPSA) is 57.8 Å². The van der Waals surface area contributed by atoms with Gasteiger partial charge in [0.2, 0.25) is 0 Å². The molecule has 0 aliphatic heterocycles. The largest absolute Gasteiger partial charge is 0.309 e. The zero-order chi connectivity index (χ0) is 13.4. The third-order valence-corrected chi connectivity index (χ3v) is 3.93. The average molecular weight is 278 g/mol. The Bertz CT molecular complexity index is 667. The zero-order valence-electron chi connectivity index (χ0n) is 10.7. The average Bonchev–Trinajstić information content (AvgIpc) is 3.14. The lowest BCUT2D eigenvalue weighted by Crippen LogP contribution is -2.22. The molecule has 5 heteroatoms. The Balaban J connectivity index is 1.82. The van der Waals surface area contributed by atoms with Gasteiger partial charge in [0, 0.05) is 11.1 Å². The number of nitrogens with one attached hydrogen (secondary N) is 2. The van der Waals surface area contributed by atoms with Gasteiger partial charge in [0.25, 0.3) is 5.56 Å². The molecule has 0 saturated heterocycles. The second kappa shape index (κ2) is 4.94. The molecule has 0 amide bonds. The predicted octanol–water partition coefficient (Wildman–Crippen LogP) is 2.46. The minimum atomic E-state index is -0.110. The van der Waals surface area contributed by atoms with Gasteiger partial charge in [-0.15, -0.1) is 0 Å². The van der Waals surface area contributed by atoms with Crippen LogP contribution in [0.15, 0.2) is 23.0 Å². The first-order valence-corrected chi connectivity index (χ1v) is 6.97. The van der Waals surface area contributed by atoms with Crippen LogP contribution in [-0.4, -0.2) is 16.0 Å². The second-order valence-electron chi connectivity index (χ2n) is 5.07. The summed E-state index contributed by atoms with van der Waals surface area (Å²) in [7, 11) is 0. The Kier molecular flexibility index (Phi) is 3.29. The smallest absolute Gasteiger partial charge is 0.258 e. The molecule has 1 aromatic heterocycles. The summed E-state index contributed by atoms with van der Waals surface area (Å²) in [5.74, 6) is 1.45. The van der Waals surface area contributed by atoms with Gasteiger partial charge in [0.15, 0.2) is 0 Å². The molecule has 3 rings (SSSR count). The van der Waals surface area contributed by atoms with Gasteiger partial charge in [0.05, 0.1) is 17.4 Å². The maximum absolute atomic E-state index is 11.9. The van der Waals surface area contributed by atoms with Gasteiger partial charge in [-0.3, -0.25) is 4.79 Å². The Labute approximate surface area is 116 Å². The summed E-state index contributed by atoms with van der Waals surface area (Å²) in [6.07, 6.45) is 2.43. The monoisotopic (exact) mass is 277 g/mol. The van der Waals surface area contributed by atoms with Gasteiger partial charge in [-0.2, -0.15) is 0 Å². The van der Waals surface area contributed by atoms with E-state index in [0.717, 1.165) is 5.92 Å². The Hall–Kier alpha value is -1.39. The number of aromatic amines is 1. The maximum Gasteiger partial charge on any atom is 0.258 e. The van der Waals surface area contributed by atoms with Crippen LogP contribution in [0.25, 0.3) is 10.9 Å². The number of benzene rings is 1. The second-order valence-corrected chi connectivity index (χ2v) is 5.50. The van der Waals surface area contributed by atoms with Crippen molar-refractivity contribution < 1.29 is 0 Å². The summed E-state index contributed by atoms with van der Waals surface area (Å²) in [6, 6.07) is 5.70. The van der Waals surface area contributed by atoms with Crippen LogP contribution in [-0.2, 0) is 6.54 Å². The first-order chi connectivity index (χ1) is 9.17. The van der Waals surface area contributed by atoms with E-state index < -0.39 is 0 Å². The van der Waals surface area contributed by atoms with Crippen molar-refractivity contribution in [2.45, 2.75) is 32.4 Å². The minimum Gasteiger partial charge on any atom is -0.309 e. The third kappa shape index (κ3) is 2.65. The molecular formula is C14H16ClN3O. The summed E-state index contributed by atoms with van der Waals surface area (Å²) in [5.41, 5.74) is 0.539. The fraction of sp³-hybridized carbons (Fsp3) is 0.429. The van der Waals surface area contributed by atoms with E-state index in [1.165, 1.54) is 12.8 Å². The SMILES string of the molecule is CCC1CC1NCc1nc2cc(Cl)ccc2c(=O)[nH]1. The van der Waals surface area contributed by atoms with E-state index in [-0.39, 0.29) is 5.56 Å². The molecule has 1 saturated carbocycles. The quantitative estimate of drug-likeness (QED) is 0.903. The third-order valence-electron chi connectivity index (χ3n) is 3.70. The highest BCUT2D eigenvalue weighted by Crippen LogP contribution is 2.33. The van der Waals surface area contributed by atoms with Crippen LogP contribution in [0.4, 0.5) is 0 Å². The van der Waals surface area contributed by atoms with E-state index in [9.17, 15) is 4.79 Å². The molecule has 100 valence electrons. The molecule has 1 heterocycles. The van der Waals surface area contributed by atoms with Gasteiger partial charge < -0.3 is 10.3 Å². The molecule has 1 fully saturated rings. The normalized spacial score (nSPS) is 21.8. The summed E-state index contributed by atoms with van der Waals surface area (Å²) >= 11 is 5.93. The fourth-order valence-electron chi connectivity index (χ4n) is 2.42. The highest BCUT2D eigenvalue weighted by Gasteiger charge is 2.34. The highest BCUT2D eigenvalue weighted by atomic mass is 35.5. The molecule has 0 bridgehead atoms. The van der Waals surface area contributed by atoms with Crippen molar-refractivity contribution in [3.05, 3.63) is 39.4 Å². The van der Waals surface area contributed by atoms with Gasteiger partial charge >= 0.3 is 0 Å². The maximum atomic E-state index is 11.9. The first-order valence-electron chi connectivity index (χ1n) is 6.59. The standard InChI is InChI=1S/C14H16ClN3O/c1-2-8-5-11(8)16-7-13-17-12-6-9(15)3-4-10(12)14(19)18-13/h3-4,6,8,11,16H,2,5,7H2,1H3,(H,17,18,19). The number of aromatic nitrogens is 2. The van der Waals surface area contributed by atoms with Gasteiger partial charge in [0.1, 0.15) is 5.82 Å². The van der Waals surface area contributed by atoms with Crippen LogP contribution in [0.5, 0.6) is 0 Å². The molecular weight excluding hydrogens is 262 g/mol. The van der Waals surface area contributed by atoms with E-state index in [4.69, 9.17) is 11.6 Å². The van der Waals surface area contributed by atoms with Gasteiger partial charge in [-0.1, -0.05) is 24.9 Å². The number of hydrogen-bond acceptors (Lipinski definition) is 3. The van der Waals surface area contributed by atoms with Crippen molar-refractivity contribution in [1.82, 2.24) is 15.3 Å². The number of H-pyrrole nitrogens is 1. The van der Waals surface area contributed by atoms with Crippen molar-refractivity contribution in [3.63, 3.8) is 0 Å². The van der Waals surface area contributed by atoms with Crippen LogP contribution in [0, 0.1) is 5.92 Å². The summed E-state index contributed by atoms with van der Waals surface area (Å²) in [6.45, 7) is 2.79. The minimum absolute atomic E-state index is 0.110. The van der Waals surface area contributed by atoms with Gasteiger partial charge in [-0.25, -0.2) is 4.98 Å². The van der Waals surface area contributed by atoms with E-state index in [1.54, 1.807) is 18.2 Å². The molecule has 0 spiro atoms. The van der Waals surface area contributed by atoms with E-state index in [1.807, 2.05) is 0 Å². The van der Waals surface area contributed by atoms with Crippen LogP contribution >= 0.6 is 11.6 Å².